The van der Waals surface area contributed by atoms with Gasteiger partial charge in [-0.1, -0.05) is 30.0 Å². The normalized spacial score (nSPS) is 12.7. The van der Waals surface area contributed by atoms with Crippen LogP contribution in [0.25, 0.3) is 10.9 Å². The summed E-state index contributed by atoms with van der Waals surface area (Å²) in [5, 5.41) is 12.5. The maximum Gasteiger partial charge on any atom is 0.209 e. The average Bonchev–Trinajstić information content (AvgIpc) is 3.05. The first-order valence-electron chi connectivity index (χ1n) is 6.16. The first-order chi connectivity index (χ1) is 9.66. The summed E-state index contributed by atoms with van der Waals surface area (Å²) in [5.41, 5.74) is 1.67. The Morgan fingerprint density at radius 2 is 2.20 bits per heavy atom. The number of para-hydroxylation sites is 1. The predicted octanol–water partition coefficient (Wildman–Crippen LogP) is 2.05. The Balaban J connectivity index is 1.87. The standard InChI is InChI=1S/C13H13N5OS/c1-8(20-13-15-16-17-18(13)2)12(19)10-7-14-11-6-4-3-5-9(10)11/h3-8,14H,1-2H3/t8-/m0/s1. The monoisotopic (exact) mass is 287 g/mol. The third-order valence-electron chi connectivity index (χ3n) is 3.09. The number of ketones is 1. The number of rotatable bonds is 4. The minimum atomic E-state index is -0.251. The highest BCUT2D eigenvalue weighted by atomic mass is 32.2. The number of nitrogens with zero attached hydrogens (tertiary/aromatic N) is 4. The molecule has 7 heteroatoms. The number of hydrogen-bond donors (Lipinski definition) is 1. The average molecular weight is 287 g/mol. The molecule has 0 spiro atoms. The summed E-state index contributed by atoms with van der Waals surface area (Å²) >= 11 is 1.36. The van der Waals surface area contributed by atoms with Gasteiger partial charge in [-0.25, -0.2) is 4.68 Å². The van der Waals surface area contributed by atoms with E-state index >= 15 is 0 Å². The lowest BCUT2D eigenvalue weighted by molar-refractivity contribution is 0.0995. The number of carbonyl (C=O) groups is 1. The number of carbonyl (C=O) groups excluding carboxylic acids is 1. The molecule has 0 bridgehead atoms. The van der Waals surface area contributed by atoms with Crippen molar-refractivity contribution in [1.82, 2.24) is 25.2 Å². The Kier molecular flexibility index (Phi) is 3.27. The van der Waals surface area contributed by atoms with Gasteiger partial charge in [-0.05, 0) is 23.4 Å². The molecule has 0 fully saturated rings. The molecule has 3 aromatic rings. The molecule has 102 valence electrons. The van der Waals surface area contributed by atoms with E-state index in [0.29, 0.717) is 10.7 Å². The fraction of sp³-hybridized carbons (Fsp3) is 0.231. The predicted molar refractivity (Wildman–Crippen MR) is 76.7 cm³/mol. The highest BCUT2D eigenvalue weighted by Gasteiger charge is 2.21. The van der Waals surface area contributed by atoms with E-state index in [0.717, 1.165) is 10.9 Å². The number of nitrogens with one attached hydrogen (secondary N) is 1. The number of tetrazole rings is 1. The number of hydrogen-bond acceptors (Lipinski definition) is 5. The van der Waals surface area contributed by atoms with Gasteiger partial charge in [-0.2, -0.15) is 0 Å². The van der Waals surface area contributed by atoms with E-state index in [1.807, 2.05) is 31.2 Å². The Labute approximate surface area is 119 Å². The van der Waals surface area contributed by atoms with Crippen LogP contribution in [0.1, 0.15) is 17.3 Å². The molecule has 1 aromatic carbocycles. The lowest BCUT2D eigenvalue weighted by Crippen LogP contribution is -2.14. The molecule has 1 N–H and O–H groups in total. The van der Waals surface area contributed by atoms with Crippen molar-refractivity contribution in [3.05, 3.63) is 36.0 Å². The Morgan fingerprint density at radius 3 is 2.95 bits per heavy atom. The van der Waals surface area contributed by atoms with Crippen molar-refractivity contribution in [2.24, 2.45) is 7.05 Å². The quantitative estimate of drug-likeness (QED) is 0.587. The van der Waals surface area contributed by atoms with Crippen molar-refractivity contribution < 1.29 is 4.79 Å². The highest BCUT2D eigenvalue weighted by Crippen LogP contribution is 2.26. The molecule has 1 atom stereocenters. The van der Waals surface area contributed by atoms with Crippen LogP contribution in [0.3, 0.4) is 0 Å². The van der Waals surface area contributed by atoms with E-state index in [1.54, 1.807) is 17.9 Å². The molecular formula is C13H13N5OS. The van der Waals surface area contributed by atoms with Gasteiger partial charge in [0.15, 0.2) is 5.78 Å². The zero-order valence-electron chi connectivity index (χ0n) is 11.1. The van der Waals surface area contributed by atoms with Gasteiger partial charge in [0.05, 0.1) is 5.25 Å². The Hall–Kier alpha value is -2.15. The number of aryl methyl sites for hydroxylation is 1. The number of thioether (sulfide) groups is 1. The minimum Gasteiger partial charge on any atom is -0.360 e. The van der Waals surface area contributed by atoms with Gasteiger partial charge in [0.25, 0.3) is 0 Å². The molecule has 0 amide bonds. The Bertz CT molecular complexity index is 763. The summed E-state index contributed by atoms with van der Waals surface area (Å²) in [6, 6.07) is 7.77. The molecule has 0 aliphatic heterocycles. The van der Waals surface area contributed by atoms with E-state index in [4.69, 9.17) is 0 Å². The second kappa shape index (κ2) is 5.09. The summed E-state index contributed by atoms with van der Waals surface area (Å²) in [6.07, 6.45) is 1.76. The second-order valence-corrected chi connectivity index (χ2v) is 5.77. The van der Waals surface area contributed by atoms with Crippen molar-refractivity contribution in [3.63, 3.8) is 0 Å². The molecule has 0 unspecified atom stereocenters. The second-order valence-electron chi connectivity index (χ2n) is 4.46. The molecule has 0 saturated carbocycles. The number of Topliss-reactive ketones (excluding diaryl/α,β-unsaturated/α-hetero) is 1. The highest BCUT2D eigenvalue weighted by molar-refractivity contribution is 8.00. The van der Waals surface area contributed by atoms with Gasteiger partial charge >= 0.3 is 0 Å². The van der Waals surface area contributed by atoms with Crippen molar-refractivity contribution in [3.8, 4) is 0 Å². The molecule has 2 heterocycles. The smallest absolute Gasteiger partial charge is 0.209 e. The van der Waals surface area contributed by atoms with Gasteiger partial charge in [-0.15, -0.1) is 5.10 Å². The molecular weight excluding hydrogens is 274 g/mol. The van der Waals surface area contributed by atoms with Crippen LogP contribution in [0.4, 0.5) is 0 Å². The van der Waals surface area contributed by atoms with E-state index in [1.165, 1.54) is 11.8 Å². The van der Waals surface area contributed by atoms with Crippen LogP contribution in [-0.4, -0.2) is 36.2 Å². The zero-order chi connectivity index (χ0) is 14.1. The number of aromatic amines is 1. The summed E-state index contributed by atoms with van der Waals surface area (Å²) in [7, 11) is 1.76. The lowest BCUT2D eigenvalue weighted by atomic mass is 10.1. The van der Waals surface area contributed by atoms with Crippen LogP contribution in [0.15, 0.2) is 35.6 Å². The van der Waals surface area contributed by atoms with Gasteiger partial charge in [0, 0.05) is 29.7 Å². The molecule has 20 heavy (non-hydrogen) atoms. The summed E-state index contributed by atoms with van der Waals surface area (Å²) in [5.74, 6) is 0.0652. The molecule has 0 aliphatic rings. The van der Waals surface area contributed by atoms with Crippen molar-refractivity contribution in [2.45, 2.75) is 17.3 Å². The zero-order valence-corrected chi connectivity index (χ0v) is 11.9. The van der Waals surface area contributed by atoms with Crippen molar-refractivity contribution in [1.29, 1.82) is 0 Å². The van der Waals surface area contributed by atoms with E-state index in [2.05, 4.69) is 20.5 Å². The maximum atomic E-state index is 12.5. The maximum absolute atomic E-state index is 12.5. The molecule has 0 aliphatic carbocycles. The van der Waals surface area contributed by atoms with E-state index in [-0.39, 0.29) is 11.0 Å². The molecule has 2 aromatic heterocycles. The number of H-pyrrole nitrogens is 1. The molecule has 3 rings (SSSR count). The van der Waals surface area contributed by atoms with Gasteiger partial charge in [0.2, 0.25) is 5.16 Å². The van der Waals surface area contributed by atoms with Crippen LogP contribution in [0, 0.1) is 0 Å². The van der Waals surface area contributed by atoms with Gasteiger partial charge in [-0.3, -0.25) is 4.79 Å². The first kappa shape index (κ1) is 12.9. The van der Waals surface area contributed by atoms with Gasteiger partial charge in [0.1, 0.15) is 0 Å². The van der Waals surface area contributed by atoms with E-state index < -0.39 is 0 Å². The van der Waals surface area contributed by atoms with Crippen LogP contribution < -0.4 is 0 Å². The summed E-state index contributed by atoms with van der Waals surface area (Å²) in [6.45, 7) is 1.86. The summed E-state index contributed by atoms with van der Waals surface area (Å²) < 4.78 is 1.56. The summed E-state index contributed by atoms with van der Waals surface area (Å²) in [4.78, 5) is 15.7. The van der Waals surface area contributed by atoms with E-state index in [9.17, 15) is 4.79 Å². The molecule has 6 nitrogen and oxygen atoms in total. The van der Waals surface area contributed by atoms with Crippen LogP contribution in [0.5, 0.6) is 0 Å². The molecule has 0 saturated heterocycles. The van der Waals surface area contributed by atoms with Crippen LogP contribution >= 0.6 is 11.8 Å². The Morgan fingerprint density at radius 1 is 1.40 bits per heavy atom. The topological polar surface area (TPSA) is 76.5 Å². The lowest BCUT2D eigenvalue weighted by Gasteiger charge is -2.07. The third-order valence-corrected chi connectivity index (χ3v) is 4.21. The fourth-order valence-corrected chi connectivity index (χ4v) is 2.85. The number of benzene rings is 1. The fourth-order valence-electron chi connectivity index (χ4n) is 2.03. The van der Waals surface area contributed by atoms with Crippen LogP contribution in [0.2, 0.25) is 0 Å². The number of fused-ring (bicyclic) bond motifs is 1. The van der Waals surface area contributed by atoms with Gasteiger partial charge < -0.3 is 4.98 Å². The van der Waals surface area contributed by atoms with Crippen molar-refractivity contribution in [2.75, 3.05) is 0 Å². The minimum absolute atomic E-state index is 0.0652. The SMILES string of the molecule is C[C@H](Sc1nnnn1C)C(=O)c1c[nH]c2ccccc12. The third kappa shape index (κ3) is 2.20. The largest absolute Gasteiger partial charge is 0.360 e. The van der Waals surface area contributed by atoms with Crippen molar-refractivity contribution >= 4 is 28.4 Å². The molecule has 0 radical (unpaired) electrons. The number of aromatic nitrogens is 5. The van der Waals surface area contributed by atoms with Crippen LogP contribution in [-0.2, 0) is 7.05 Å². The first-order valence-corrected chi connectivity index (χ1v) is 7.04.